The van der Waals surface area contributed by atoms with Gasteiger partial charge in [-0.2, -0.15) is 0 Å². The van der Waals surface area contributed by atoms with Crippen molar-refractivity contribution >= 4 is 11.6 Å². The lowest BCUT2D eigenvalue weighted by atomic mass is 9.89. The maximum atomic E-state index is 6.21. The molecule has 2 aromatic rings. The monoisotopic (exact) mass is 329 g/mol. The van der Waals surface area contributed by atoms with Crippen molar-refractivity contribution in [3.8, 4) is 11.5 Å². The van der Waals surface area contributed by atoms with Crippen LogP contribution in [0, 0.1) is 0 Å². The summed E-state index contributed by atoms with van der Waals surface area (Å²) in [5, 5.41) is 4.15. The van der Waals surface area contributed by atoms with Crippen LogP contribution >= 0.6 is 11.6 Å². The number of benzene rings is 2. The molecule has 1 unspecified atom stereocenters. The molecule has 1 saturated heterocycles. The van der Waals surface area contributed by atoms with Crippen LogP contribution in [0.15, 0.2) is 42.5 Å². The van der Waals surface area contributed by atoms with Gasteiger partial charge in [0, 0.05) is 10.6 Å². The molecule has 0 aromatic heterocycles. The number of rotatable bonds is 2. The average molecular weight is 330 g/mol. The summed E-state index contributed by atoms with van der Waals surface area (Å²) in [4.78, 5) is 0. The lowest BCUT2D eigenvalue weighted by molar-refractivity contribution is 0.0895. The molecule has 2 aromatic carbocycles. The van der Waals surface area contributed by atoms with Gasteiger partial charge in [-0.25, -0.2) is 0 Å². The summed E-state index contributed by atoms with van der Waals surface area (Å²) >= 11 is 5.96. The van der Waals surface area contributed by atoms with Gasteiger partial charge in [-0.05, 0) is 55.6 Å². The number of para-hydroxylation sites is 1. The Bertz CT molecular complexity index is 680. The quantitative estimate of drug-likeness (QED) is 0.890. The molecule has 3 nitrogen and oxygen atoms in total. The lowest BCUT2D eigenvalue weighted by Crippen LogP contribution is -2.28. The van der Waals surface area contributed by atoms with Crippen LogP contribution in [0.25, 0.3) is 0 Å². The summed E-state index contributed by atoms with van der Waals surface area (Å²) in [6.07, 6.45) is 2.23. The van der Waals surface area contributed by atoms with E-state index in [0.29, 0.717) is 12.5 Å². The topological polar surface area (TPSA) is 30.5 Å². The number of ether oxygens (including phenoxy) is 2. The van der Waals surface area contributed by atoms with Gasteiger partial charge in [-0.3, -0.25) is 0 Å². The Labute approximate surface area is 141 Å². The van der Waals surface area contributed by atoms with Crippen molar-refractivity contribution in [1.82, 2.24) is 5.32 Å². The summed E-state index contributed by atoms with van der Waals surface area (Å²) < 4.78 is 12.3. The first-order chi connectivity index (χ1) is 11.3. The van der Waals surface area contributed by atoms with Crippen LogP contribution in [0.2, 0.25) is 5.02 Å². The second-order valence-corrected chi connectivity index (χ2v) is 6.60. The highest BCUT2D eigenvalue weighted by Gasteiger charge is 2.27. The van der Waals surface area contributed by atoms with E-state index in [-0.39, 0.29) is 6.10 Å². The van der Waals surface area contributed by atoms with Crippen molar-refractivity contribution < 1.29 is 9.47 Å². The van der Waals surface area contributed by atoms with Gasteiger partial charge in [0.25, 0.3) is 0 Å². The molecule has 1 N–H and O–H groups in total. The summed E-state index contributed by atoms with van der Waals surface area (Å²) in [5.41, 5.74) is 2.38. The van der Waals surface area contributed by atoms with E-state index >= 15 is 0 Å². The molecule has 4 rings (SSSR count). The highest BCUT2D eigenvalue weighted by molar-refractivity contribution is 6.30. The molecule has 0 spiro atoms. The van der Waals surface area contributed by atoms with E-state index in [0.717, 1.165) is 48.0 Å². The van der Waals surface area contributed by atoms with Crippen LogP contribution in [-0.4, -0.2) is 19.7 Å². The van der Waals surface area contributed by atoms with Gasteiger partial charge < -0.3 is 14.8 Å². The molecule has 0 aliphatic carbocycles. The van der Waals surface area contributed by atoms with Crippen LogP contribution in [0.4, 0.5) is 0 Å². The number of hydrogen-bond donors (Lipinski definition) is 1. The van der Waals surface area contributed by atoms with Crippen molar-refractivity contribution in [2.45, 2.75) is 24.9 Å². The summed E-state index contributed by atoms with van der Waals surface area (Å²) in [7, 11) is 0. The third-order valence-corrected chi connectivity index (χ3v) is 4.93. The molecule has 23 heavy (non-hydrogen) atoms. The molecular formula is C19H20ClNO2. The van der Waals surface area contributed by atoms with E-state index in [4.69, 9.17) is 21.1 Å². The minimum absolute atomic E-state index is 0.0805. The second kappa shape index (κ2) is 6.42. The molecule has 2 heterocycles. The minimum atomic E-state index is -0.0805. The van der Waals surface area contributed by atoms with Crippen molar-refractivity contribution in [3.63, 3.8) is 0 Å². The Kier molecular flexibility index (Phi) is 4.15. The van der Waals surface area contributed by atoms with Crippen LogP contribution in [-0.2, 0) is 0 Å². The van der Waals surface area contributed by atoms with Gasteiger partial charge in [-0.15, -0.1) is 0 Å². The molecule has 0 amide bonds. The van der Waals surface area contributed by atoms with Crippen LogP contribution in [0.5, 0.6) is 11.5 Å². The normalized spacial score (nSPS) is 21.2. The predicted octanol–water partition coefficient (Wildman–Crippen LogP) is 4.32. The molecule has 1 atom stereocenters. The molecular weight excluding hydrogens is 310 g/mol. The van der Waals surface area contributed by atoms with Gasteiger partial charge in [-0.1, -0.05) is 35.9 Å². The molecule has 2 aliphatic rings. The first-order valence-electron chi connectivity index (χ1n) is 8.20. The maximum Gasteiger partial charge on any atom is 0.164 e. The van der Waals surface area contributed by atoms with E-state index < -0.39 is 0 Å². The third-order valence-electron chi connectivity index (χ3n) is 4.68. The second-order valence-electron chi connectivity index (χ2n) is 6.17. The molecule has 1 fully saturated rings. The van der Waals surface area contributed by atoms with E-state index in [9.17, 15) is 0 Å². The SMILES string of the molecule is Clc1ccc(C2COc3c(cccc3C3CCNCC3)O2)cc1. The van der Waals surface area contributed by atoms with Gasteiger partial charge >= 0.3 is 0 Å². The number of fused-ring (bicyclic) bond motifs is 1. The zero-order valence-corrected chi connectivity index (χ0v) is 13.7. The standard InChI is InChI=1S/C19H20ClNO2/c20-15-6-4-14(5-7-15)18-12-22-19-16(2-1-3-17(19)23-18)13-8-10-21-11-9-13/h1-7,13,18,21H,8-12H2. The Morgan fingerprint density at radius 1 is 1.00 bits per heavy atom. The highest BCUT2D eigenvalue weighted by Crippen LogP contribution is 2.43. The lowest BCUT2D eigenvalue weighted by Gasteiger charge is -2.31. The Morgan fingerprint density at radius 3 is 2.57 bits per heavy atom. The average Bonchev–Trinajstić information content (AvgIpc) is 2.62. The first kappa shape index (κ1) is 14.9. The van der Waals surface area contributed by atoms with Crippen LogP contribution in [0.1, 0.15) is 36.0 Å². The smallest absolute Gasteiger partial charge is 0.164 e. The fourth-order valence-electron chi connectivity index (χ4n) is 3.42. The van der Waals surface area contributed by atoms with E-state index in [1.807, 2.05) is 30.3 Å². The first-order valence-corrected chi connectivity index (χ1v) is 8.57. The summed E-state index contributed by atoms with van der Waals surface area (Å²) in [6, 6.07) is 14.0. The Morgan fingerprint density at radius 2 is 1.78 bits per heavy atom. The van der Waals surface area contributed by atoms with E-state index in [1.54, 1.807) is 0 Å². The van der Waals surface area contributed by atoms with Gasteiger partial charge in [0.1, 0.15) is 6.61 Å². The van der Waals surface area contributed by atoms with Gasteiger partial charge in [0.2, 0.25) is 0 Å². The summed E-state index contributed by atoms with van der Waals surface area (Å²) in [6.45, 7) is 2.68. The molecule has 4 heteroatoms. The largest absolute Gasteiger partial charge is 0.485 e. The van der Waals surface area contributed by atoms with Crippen molar-refractivity contribution in [1.29, 1.82) is 0 Å². The van der Waals surface area contributed by atoms with Crippen LogP contribution in [0.3, 0.4) is 0 Å². The molecule has 120 valence electrons. The van der Waals surface area contributed by atoms with Crippen molar-refractivity contribution in [3.05, 3.63) is 58.6 Å². The molecule has 0 bridgehead atoms. The number of nitrogens with one attached hydrogen (secondary N) is 1. The highest BCUT2D eigenvalue weighted by atomic mass is 35.5. The molecule has 2 aliphatic heterocycles. The zero-order valence-electron chi connectivity index (χ0n) is 12.9. The van der Waals surface area contributed by atoms with E-state index in [1.165, 1.54) is 5.56 Å². The number of halogens is 1. The maximum absolute atomic E-state index is 6.21. The van der Waals surface area contributed by atoms with Gasteiger partial charge in [0.05, 0.1) is 0 Å². The van der Waals surface area contributed by atoms with Gasteiger partial charge in [0.15, 0.2) is 17.6 Å². The predicted molar refractivity (Wildman–Crippen MR) is 91.6 cm³/mol. The van der Waals surface area contributed by atoms with Crippen LogP contribution < -0.4 is 14.8 Å². The minimum Gasteiger partial charge on any atom is -0.485 e. The third kappa shape index (κ3) is 3.04. The number of hydrogen-bond acceptors (Lipinski definition) is 3. The molecule has 0 saturated carbocycles. The summed E-state index contributed by atoms with van der Waals surface area (Å²) in [5.74, 6) is 2.35. The Hall–Kier alpha value is -1.71. The fourth-order valence-corrected chi connectivity index (χ4v) is 3.55. The number of piperidine rings is 1. The van der Waals surface area contributed by atoms with E-state index in [2.05, 4.69) is 17.4 Å². The fraction of sp³-hybridized carbons (Fsp3) is 0.368. The molecule has 0 radical (unpaired) electrons. The zero-order chi connectivity index (χ0) is 15.6. The Balaban J connectivity index is 1.59. The van der Waals surface area contributed by atoms with Crippen molar-refractivity contribution in [2.24, 2.45) is 0 Å². The van der Waals surface area contributed by atoms with Crippen molar-refractivity contribution in [2.75, 3.05) is 19.7 Å².